The predicted molar refractivity (Wildman–Crippen MR) is 173 cm³/mol. The van der Waals surface area contributed by atoms with Crippen LogP contribution >= 0.6 is 11.3 Å². The molecule has 2 aromatic rings. The molecule has 0 aliphatic rings. The highest BCUT2D eigenvalue weighted by Gasteiger charge is 2.31. The second-order valence-electron chi connectivity index (χ2n) is 12.3. The van der Waals surface area contributed by atoms with Gasteiger partial charge in [0.2, 0.25) is 5.91 Å². The molecule has 4 atom stereocenters. The van der Waals surface area contributed by atoms with Gasteiger partial charge < -0.3 is 19.7 Å². The number of hydrogen-bond donors (Lipinski definition) is 1. The molecule has 1 aromatic heterocycles. The molecule has 0 saturated carbocycles. The van der Waals surface area contributed by atoms with Crippen molar-refractivity contribution >= 4 is 35.1 Å². The number of amides is 2. The molecule has 2 amide bonds. The lowest BCUT2D eigenvalue weighted by molar-refractivity contribution is -0.149. The maximum Gasteiger partial charge on any atom is 0.308 e. The summed E-state index contributed by atoms with van der Waals surface area (Å²) in [6.07, 6.45) is 2.88. The van der Waals surface area contributed by atoms with Crippen LogP contribution in [0, 0.1) is 17.8 Å². The van der Waals surface area contributed by atoms with Crippen molar-refractivity contribution in [2.75, 3.05) is 13.7 Å². The van der Waals surface area contributed by atoms with E-state index in [0.717, 1.165) is 18.4 Å². The van der Waals surface area contributed by atoms with Gasteiger partial charge in [0.15, 0.2) is 6.10 Å². The topological polar surface area (TPSA) is 115 Å². The van der Waals surface area contributed by atoms with Crippen LogP contribution in [-0.4, -0.2) is 59.4 Å². The second-order valence-corrected chi connectivity index (χ2v) is 13.1. The minimum absolute atomic E-state index is 0.0617. The average molecular weight is 630 g/mol. The third-order valence-electron chi connectivity index (χ3n) is 7.61. The van der Waals surface area contributed by atoms with Crippen molar-refractivity contribution in [2.45, 2.75) is 105 Å². The maximum atomic E-state index is 13.4. The fourth-order valence-corrected chi connectivity index (χ4v) is 6.06. The molecule has 1 aromatic carbocycles. The second kappa shape index (κ2) is 18.5. The van der Waals surface area contributed by atoms with Crippen LogP contribution < -0.4 is 5.32 Å². The molecule has 0 bridgehead atoms. The van der Waals surface area contributed by atoms with Crippen LogP contribution in [0.1, 0.15) is 108 Å². The van der Waals surface area contributed by atoms with Crippen LogP contribution in [0.4, 0.5) is 0 Å². The Kier molecular flexibility index (Phi) is 15.5. The quantitative estimate of drug-likeness (QED) is 0.190. The van der Waals surface area contributed by atoms with Crippen LogP contribution in [0.5, 0.6) is 0 Å². The Morgan fingerprint density at radius 1 is 1.02 bits per heavy atom. The van der Waals surface area contributed by atoms with E-state index in [4.69, 9.17) is 9.47 Å². The highest BCUT2D eigenvalue weighted by atomic mass is 32.1. The van der Waals surface area contributed by atoms with Crippen LogP contribution in [-0.2, 0) is 30.3 Å². The molecule has 1 N–H and O–H groups in total. The Balaban J connectivity index is 2.22. The average Bonchev–Trinajstić information content (AvgIpc) is 3.45. The third kappa shape index (κ3) is 12.4. The van der Waals surface area contributed by atoms with Gasteiger partial charge in [-0.15, -0.1) is 11.3 Å². The Hall–Kier alpha value is -3.27. The summed E-state index contributed by atoms with van der Waals surface area (Å²) in [7, 11) is 1.80. The van der Waals surface area contributed by atoms with Crippen LogP contribution in [0.2, 0.25) is 0 Å². The number of carbonyl (C=O) groups excluding carboxylic acids is 4. The van der Waals surface area contributed by atoms with E-state index >= 15 is 0 Å². The normalized spacial score (nSPS) is 14.0. The summed E-state index contributed by atoms with van der Waals surface area (Å²) < 4.78 is 10.9. The summed E-state index contributed by atoms with van der Waals surface area (Å²) >= 11 is 1.25. The molecule has 10 heteroatoms. The zero-order chi connectivity index (χ0) is 32.8. The predicted octanol–water partition coefficient (Wildman–Crippen LogP) is 6.38. The summed E-state index contributed by atoms with van der Waals surface area (Å²) in [6.45, 7) is 13.6. The lowest BCUT2D eigenvalue weighted by Crippen LogP contribution is -2.41. The van der Waals surface area contributed by atoms with Crippen molar-refractivity contribution in [1.82, 2.24) is 15.2 Å². The van der Waals surface area contributed by atoms with E-state index in [1.165, 1.54) is 18.3 Å². The lowest BCUT2D eigenvalue weighted by atomic mass is 9.95. The number of nitrogens with one attached hydrogen (secondary N) is 1. The molecule has 0 aliphatic heterocycles. The van der Waals surface area contributed by atoms with Gasteiger partial charge in [0.1, 0.15) is 10.7 Å². The number of aromatic nitrogens is 1. The van der Waals surface area contributed by atoms with Crippen molar-refractivity contribution in [3.8, 4) is 0 Å². The first-order valence-electron chi connectivity index (χ1n) is 15.7. The molecule has 9 nitrogen and oxygen atoms in total. The molecular weight excluding hydrogens is 578 g/mol. The summed E-state index contributed by atoms with van der Waals surface area (Å²) in [4.78, 5) is 57.2. The van der Waals surface area contributed by atoms with Gasteiger partial charge in [-0.2, -0.15) is 0 Å². The number of ether oxygens (including phenoxy) is 2. The van der Waals surface area contributed by atoms with E-state index in [9.17, 15) is 19.2 Å². The molecule has 0 aliphatic carbocycles. The number of hydrogen-bond acceptors (Lipinski definition) is 8. The van der Waals surface area contributed by atoms with Crippen molar-refractivity contribution in [3.63, 3.8) is 0 Å². The molecule has 0 spiro atoms. The van der Waals surface area contributed by atoms with Gasteiger partial charge in [0, 0.05) is 44.3 Å². The molecule has 2 rings (SSSR count). The summed E-state index contributed by atoms with van der Waals surface area (Å²) in [5.74, 6) is -0.830. The minimum Gasteiger partial charge on any atom is -0.466 e. The first-order valence-corrected chi connectivity index (χ1v) is 16.6. The van der Waals surface area contributed by atoms with Gasteiger partial charge in [-0.1, -0.05) is 71.4 Å². The van der Waals surface area contributed by atoms with E-state index in [1.807, 2.05) is 44.2 Å². The number of nitrogens with zero attached hydrogens (tertiary/aromatic N) is 2. The molecule has 0 radical (unpaired) electrons. The van der Waals surface area contributed by atoms with Crippen molar-refractivity contribution < 1.29 is 28.7 Å². The Morgan fingerprint density at radius 2 is 1.70 bits per heavy atom. The fourth-order valence-electron chi connectivity index (χ4n) is 5.22. The molecule has 1 heterocycles. The Morgan fingerprint density at radius 3 is 2.30 bits per heavy atom. The Bertz CT molecular complexity index is 1200. The third-order valence-corrected chi connectivity index (χ3v) is 8.55. The van der Waals surface area contributed by atoms with E-state index in [0.29, 0.717) is 43.2 Å². The first kappa shape index (κ1) is 36.9. The Labute approximate surface area is 267 Å². The monoisotopic (exact) mass is 629 g/mol. The zero-order valence-corrected chi connectivity index (χ0v) is 28.4. The van der Waals surface area contributed by atoms with Crippen molar-refractivity contribution in [3.05, 3.63) is 52.0 Å². The van der Waals surface area contributed by atoms with Gasteiger partial charge in [-0.05, 0) is 43.6 Å². The van der Waals surface area contributed by atoms with E-state index in [1.54, 1.807) is 31.2 Å². The van der Waals surface area contributed by atoms with Crippen LogP contribution in [0.3, 0.4) is 0 Å². The van der Waals surface area contributed by atoms with Gasteiger partial charge in [0.25, 0.3) is 5.91 Å². The van der Waals surface area contributed by atoms with E-state index in [-0.39, 0.29) is 41.5 Å². The maximum absolute atomic E-state index is 13.4. The standard InChI is InChI=1S/C34H51N3O6S/c1-9-42-34(41)24(6)18-27(19-26-15-11-10-12-16-26)35-32(40)28-21-44-33(36-28)30(43-25(7)38)20-29(23(4)5)37(8)31(39)17-13-14-22(2)3/h10-12,15-16,21-24,27,29-30H,9,13-14,17-20H2,1-8H3,(H,35,40)/t24-,27+,29+,30+/m0/s1. The molecule has 44 heavy (non-hydrogen) atoms. The highest BCUT2D eigenvalue weighted by molar-refractivity contribution is 7.09. The summed E-state index contributed by atoms with van der Waals surface area (Å²) in [5.41, 5.74) is 1.24. The molecule has 0 fully saturated rings. The highest BCUT2D eigenvalue weighted by Crippen LogP contribution is 2.31. The number of esters is 2. The lowest BCUT2D eigenvalue weighted by Gasteiger charge is -2.33. The fraction of sp³-hybridized carbons (Fsp3) is 0.618. The van der Waals surface area contributed by atoms with Gasteiger partial charge in [-0.3, -0.25) is 19.2 Å². The van der Waals surface area contributed by atoms with Gasteiger partial charge >= 0.3 is 11.9 Å². The number of carbonyl (C=O) groups is 4. The molecule has 0 saturated heterocycles. The van der Waals surface area contributed by atoms with E-state index in [2.05, 4.69) is 24.1 Å². The van der Waals surface area contributed by atoms with Crippen LogP contribution in [0.25, 0.3) is 0 Å². The summed E-state index contributed by atoms with van der Waals surface area (Å²) in [6, 6.07) is 9.24. The minimum atomic E-state index is -0.707. The molecule has 0 unspecified atom stereocenters. The van der Waals surface area contributed by atoms with Gasteiger partial charge in [0.05, 0.1) is 12.5 Å². The van der Waals surface area contributed by atoms with Crippen molar-refractivity contribution in [2.24, 2.45) is 17.8 Å². The van der Waals surface area contributed by atoms with Gasteiger partial charge in [-0.25, -0.2) is 4.98 Å². The zero-order valence-electron chi connectivity index (χ0n) is 27.6. The number of rotatable bonds is 18. The summed E-state index contributed by atoms with van der Waals surface area (Å²) in [5, 5.41) is 5.21. The van der Waals surface area contributed by atoms with Crippen molar-refractivity contribution in [1.29, 1.82) is 0 Å². The SMILES string of the molecule is CCOC(=O)[C@@H](C)C[C@H](Cc1ccccc1)NC(=O)c1csc([C@@H](C[C@H](C(C)C)N(C)C(=O)CCCC(C)C)OC(C)=O)n1. The number of thiazole rings is 1. The van der Waals surface area contributed by atoms with Crippen LogP contribution in [0.15, 0.2) is 35.7 Å². The molecule has 244 valence electrons. The molecular formula is C34H51N3O6S. The smallest absolute Gasteiger partial charge is 0.308 e. The van der Waals surface area contributed by atoms with E-state index < -0.39 is 18.0 Å². The first-order chi connectivity index (χ1) is 20.8. The largest absolute Gasteiger partial charge is 0.466 e. The number of benzene rings is 1.